The zero-order chi connectivity index (χ0) is 20.5. The van der Waals surface area contributed by atoms with Crippen LogP contribution in [0.2, 0.25) is 0 Å². The molecular weight excluding hydrogens is 406 g/mol. The fourth-order valence-corrected chi connectivity index (χ4v) is 5.20. The second kappa shape index (κ2) is 8.29. The molecule has 2 aliphatic rings. The first kappa shape index (κ1) is 19.4. The third kappa shape index (κ3) is 3.78. The monoisotopic (exact) mass is 427 g/mol. The second-order valence-electron chi connectivity index (χ2n) is 7.31. The predicted octanol–water partition coefficient (Wildman–Crippen LogP) is 3.20. The lowest BCUT2D eigenvalue weighted by atomic mass is 10.0. The number of ether oxygens (including phenoxy) is 2. The maximum Gasteiger partial charge on any atom is 0.423 e. The van der Waals surface area contributed by atoms with Gasteiger partial charge in [-0.1, -0.05) is 18.2 Å². The van der Waals surface area contributed by atoms with E-state index in [1.165, 1.54) is 0 Å². The van der Waals surface area contributed by atoms with Crippen LogP contribution >= 0.6 is 11.8 Å². The van der Waals surface area contributed by atoms with Crippen LogP contribution in [0.15, 0.2) is 54.8 Å². The van der Waals surface area contributed by atoms with Gasteiger partial charge in [-0.15, -0.1) is 0 Å². The van der Waals surface area contributed by atoms with Gasteiger partial charge in [-0.05, 0) is 24.6 Å². The van der Waals surface area contributed by atoms with E-state index >= 15 is 0 Å². The number of fused-ring (bicyclic) bond motifs is 4. The van der Waals surface area contributed by atoms with E-state index in [1.807, 2.05) is 30.0 Å². The summed E-state index contributed by atoms with van der Waals surface area (Å²) in [7, 11) is 0. The van der Waals surface area contributed by atoms with Crippen LogP contribution in [0.4, 0.5) is 0 Å². The molecule has 1 fully saturated rings. The standard InChI is InChI=1S/C22H21NO6S/c24-21-22(25)29-20-15-13-19(30-12-9-23-7-10-26-11-8-23)14-3-1-2-4-16(14)27-17(15)5-6-18(20)28-21/h1-6,19H,7-13H2. The molecule has 0 spiro atoms. The topological polar surface area (TPSA) is 82.1 Å². The van der Waals surface area contributed by atoms with E-state index in [0.29, 0.717) is 12.2 Å². The molecule has 1 atom stereocenters. The number of rotatable bonds is 4. The van der Waals surface area contributed by atoms with Gasteiger partial charge >= 0.3 is 11.3 Å². The molecule has 2 aliphatic heterocycles. The second-order valence-corrected chi connectivity index (χ2v) is 8.62. The van der Waals surface area contributed by atoms with Gasteiger partial charge in [0.2, 0.25) is 0 Å². The van der Waals surface area contributed by atoms with E-state index in [4.69, 9.17) is 18.3 Å². The average molecular weight is 427 g/mol. The Hall–Kier alpha value is -2.55. The number of hydrogen-bond donors (Lipinski definition) is 0. The fourth-order valence-electron chi connectivity index (χ4n) is 3.90. The molecule has 1 unspecified atom stereocenters. The van der Waals surface area contributed by atoms with Crippen molar-refractivity contribution in [3.05, 3.63) is 68.4 Å². The van der Waals surface area contributed by atoms with Crippen molar-refractivity contribution in [3.63, 3.8) is 0 Å². The van der Waals surface area contributed by atoms with Crippen molar-refractivity contribution in [1.82, 2.24) is 4.90 Å². The van der Waals surface area contributed by atoms with Gasteiger partial charge in [0.15, 0.2) is 11.2 Å². The summed E-state index contributed by atoms with van der Waals surface area (Å²) >= 11 is 1.85. The lowest BCUT2D eigenvalue weighted by molar-refractivity contribution is 0.0410. The number of para-hydroxylation sites is 1. The molecule has 0 aliphatic carbocycles. The Bertz CT molecular complexity index is 1180. The van der Waals surface area contributed by atoms with Crippen molar-refractivity contribution < 1.29 is 18.3 Å². The van der Waals surface area contributed by atoms with Gasteiger partial charge in [-0.3, -0.25) is 4.90 Å². The van der Waals surface area contributed by atoms with Crippen molar-refractivity contribution in [3.8, 4) is 11.5 Å². The van der Waals surface area contributed by atoms with Gasteiger partial charge < -0.3 is 18.3 Å². The summed E-state index contributed by atoms with van der Waals surface area (Å²) in [4.78, 5) is 25.8. The minimum atomic E-state index is -1.01. The first-order valence-electron chi connectivity index (χ1n) is 9.97. The molecule has 30 heavy (non-hydrogen) atoms. The molecule has 0 bridgehead atoms. The van der Waals surface area contributed by atoms with Crippen LogP contribution in [0.1, 0.15) is 16.4 Å². The minimum Gasteiger partial charge on any atom is -0.457 e. The SMILES string of the molecule is O=c1oc2ccc3c(c2oc1=O)CC(SCCN1CCOCC1)c1ccccc1O3. The van der Waals surface area contributed by atoms with Crippen LogP contribution in [-0.4, -0.2) is 43.5 Å². The molecule has 0 saturated carbocycles. The molecule has 1 saturated heterocycles. The normalized spacial score (nSPS) is 19.0. The Balaban J connectivity index is 1.48. The maximum atomic E-state index is 11.8. The summed E-state index contributed by atoms with van der Waals surface area (Å²) in [6.45, 7) is 4.48. The number of benzene rings is 2. The summed E-state index contributed by atoms with van der Waals surface area (Å²) in [5.41, 5.74) is 0.376. The number of hydrogen-bond acceptors (Lipinski definition) is 8. The number of thioether (sulfide) groups is 1. The summed E-state index contributed by atoms with van der Waals surface area (Å²) in [5.74, 6) is 2.36. The van der Waals surface area contributed by atoms with Crippen LogP contribution in [0.5, 0.6) is 11.5 Å². The highest BCUT2D eigenvalue weighted by atomic mass is 32.2. The van der Waals surface area contributed by atoms with E-state index in [0.717, 1.165) is 55.5 Å². The molecule has 3 aromatic rings. The van der Waals surface area contributed by atoms with Crippen LogP contribution in [0, 0.1) is 0 Å². The van der Waals surface area contributed by atoms with Gasteiger partial charge in [0.25, 0.3) is 0 Å². The Morgan fingerprint density at radius 2 is 1.77 bits per heavy atom. The lowest BCUT2D eigenvalue weighted by Crippen LogP contribution is -2.37. The van der Waals surface area contributed by atoms with Crippen LogP contribution in [-0.2, 0) is 11.2 Å². The Morgan fingerprint density at radius 1 is 0.967 bits per heavy atom. The molecule has 0 radical (unpaired) electrons. The molecule has 0 amide bonds. The molecule has 5 rings (SSSR count). The van der Waals surface area contributed by atoms with Gasteiger partial charge in [0.1, 0.15) is 11.5 Å². The van der Waals surface area contributed by atoms with E-state index < -0.39 is 11.3 Å². The van der Waals surface area contributed by atoms with Crippen molar-refractivity contribution in [2.45, 2.75) is 11.7 Å². The molecule has 8 heteroatoms. The fraction of sp³-hybridized carbons (Fsp3) is 0.364. The number of nitrogens with zero attached hydrogens (tertiary/aromatic N) is 1. The summed E-state index contributed by atoms with van der Waals surface area (Å²) in [6, 6.07) is 11.3. The predicted molar refractivity (Wildman–Crippen MR) is 114 cm³/mol. The molecule has 2 aromatic carbocycles. The highest BCUT2D eigenvalue weighted by molar-refractivity contribution is 7.99. The zero-order valence-electron chi connectivity index (χ0n) is 16.3. The third-order valence-corrected chi connectivity index (χ3v) is 6.69. The van der Waals surface area contributed by atoms with Crippen molar-refractivity contribution in [1.29, 1.82) is 0 Å². The largest absolute Gasteiger partial charge is 0.457 e. The summed E-state index contributed by atoms with van der Waals surface area (Å²) in [6.07, 6.45) is 0.605. The highest BCUT2D eigenvalue weighted by Gasteiger charge is 2.27. The highest BCUT2D eigenvalue weighted by Crippen LogP contribution is 2.45. The van der Waals surface area contributed by atoms with Crippen LogP contribution in [0.3, 0.4) is 0 Å². The quantitative estimate of drug-likeness (QED) is 0.587. The lowest BCUT2D eigenvalue weighted by Gasteiger charge is -2.27. The molecule has 7 nitrogen and oxygen atoms in total. The van der Waals surface area contributed by atoms with Crippen molar-refractivity contribution in [2.24, 2.45) is 0 Å². The van der Waals surface area contributed by atoms with Gasteiger partial charge in [-0.2, -0.15) is 11.8 Å². The number of morpholine rings is 1. The van der Waals surface area contributed by atoms with E-state index in [-0.39, 0.29) is 16.4 Å². The zero-order valence-corrected chi connectivity index (χ0v) is 17.1. The van der Waals surface area contributed by atoms with Crippen LogP contribution in [0.25, 0.3) is 11.2 Å². The van der Waals surface area contributed by atoms with Gasteiger partial charge in [0, 0.05) is 41.8 Å². The first-order chi connectivity index (χ1) is 14.7. The average Bonchev–Trinajstić information content (AvgIpc) is 2.92. The smallest absolute Gasteiger partial charge is 0.423 e. The molecular formula is C22H21NO6S. The van der Waals surface area contributed by atoms with E-state index in [2.05, 4.69) is 11.0 Å². The van der Waals surface area contributed by atoms with Crippen molar-refractivity contribution >= 4 is 22.9 Å². The van der Waals surface area contributed by atoms with E-state index in [9.17, 15) is 9.59 Å². The van der Waals surface area contributed by atoms with Gasteiger partial charge in [0.05, 0.1) is 13.2 Å². The molecule has 3 heterocycles. The maximum absolute atomic E-state index is 11.8. The minimum absolute atomic E-state index is 0.117. The van der Waals surface area contributed by atoms with Crippen LogP contribution < -0.4 is 16.0 Å². The van der Waals surface area contributed by atoms with E-state index in [1.54, 1.807) is 12.1 Å². The van der Waals surface area contributed by atoms with Gasteiger partial charge in [-0.25, -0.2) is 9.59 Å². The third-order valence-electron chi connectivity index (χ3n) is 5.45. The molecule has 156 valence electrons. The summed E-state index contributed by atoms with van der Waals surface area (Å²) < 4.78 is 22.1. The Kier molecular flexibility index (Phi) is 5.37. The Labute approximate surface area is 176 Å². The molecule has 0 N–H and O–H groups in total. The Morgan fingerprint density at radius 3 is 2.63 bits per heavy atom. The first-order valence-corrected chi connectivity index (χ1v) is 11.0. The van der Waals surface area contributed by atoms with Crippen molar-refractivity contribution in [2.75, 3.05) is 38.6 Å². The molecule has 1 aromatic heterocycles. The summed E-state index contributed by atoms with van der Waals surface area (Å²) in [5, 5.41) is 0.117.